The fourth-order valence-corrected chi connectivity index (χ4v) is 5.19. The highest BCUT2D eigenvalue weighted by atomic mass is 16.5. The number of carbonyl (C=O) groups excluding carboxylic acids is 1. The minimum Gasteiger partial charge on any atom is -0.427 e. The Kier molecular flexibility index (Phi) is 6.34. The molecule has 2 aromatic carbocycles. The van der Waals surface area contributed by atoms with Crippen LogP contribution in [0.1, 0.15) is 63.0 Å². The number of hydrogen-bond acceptors (Lipinski definition) is 3. The molecule has 29 heavy (non-hydrogen) atoms. The molecule has 2 unspecified atom stereocenters. The average molecular weight is 392 g/mol. The lowest BCUT2D eigenvalue weighted by atomic mass is 9.74. The third kappa shape index (κ3) is 4.72. The minimum absolute atomic E-state index is 0.110. The Labute approximate surface area is 175 Å². The van der Waals surface area contributed by atoms with Crippen LogP contribution < -0.4 is 4.74 Å². The summed E-state index contributed by atoms with van der Waals surface area (Å²) >= 11 is 0. The number of piperidine rings is 1. The van der Waals surface area contributed by atoms with Crippen LogP contribution in [0.2, 0.25) is 0 Å². The molecule has 2 fully saturated rings. The second kappa shape index (κ2) is 9.13. The minimum atomic E-state index is -0.110. The fourth-order valence-electron chi connectivity index (χ4n) is 5.19. The first kappa shape index (κ1) is 20.2. The molecule has 0 N–H and O–H groups in total. The Morgan fingerprint density at radius 2 is 2.00 bits per heavy atom. The van der Waals surface area contributed by atoms with E-state index in [1.165, 1.54) is 36.8 Å². The van der Waals surface area contributed by atoms with Crippen LogP contribution in [0.4, 0.5) is 0 Å². The highest BCUT2D eigenvalue weighted by molar-refractivity contribution is 5.72. The van der Waals surface area contributed by atoms with Crippen molar-refractivity contribution in [2.24, 2.45) is 0 Å². The van der Waals surface area contributed by atoms with Gasteiger partial charge in [-0.2, -0.15) is 0 Å². The van der Waals surface area contributed by atoms with Gasteiger partial charge in [-0.05, 0) is 73.7 Å². The number of likely N-dealkylation sites (tertiary alicyclic amines) is 1. The Morgan fingerprint density at radius 1 is 1.14 bits per heavy atom. The molecule has 2 atom stereocenters. The van der Waals surface area contributed by atoms with Gasteiger partial charge in [0.15, 0.2) is 0 Å². The first-order chi connectivity index (χ1) is 14.2. The Morgan fingerprint density at radius 3 is 2.83 bits per heavy atom. The number of rotatable bonds is 8. The van der Waals surface area contributed by atoms with Crippen molar-refractivity contribution in [2.45, 2.75) is 69.7 Å². The maximum atomic E-state index is 12.0. The smallest absolute Gasteiger partial charge is 0.311 e. The van der Waals surface area contributed by atoms with E-state index in [0.29, 0.717) is 18.2 Å². The van der Waals surface area contributed by atoms with E-state index < -0.39 is 0 Å². The zero-order valence-corrected chi connectivity index (χ0v) is 17.6. The van der Waals surface area contributed by atoms with Crippen LogP contribution in [0.15, 0.2) is 54.6 Å². The monoisotopic (exact) mass is 391 g/mol. The summed E-state index contributed by atoms with van der Waals surface area (Å²) in [5.74, 6) is 0.606. The SMILES string of the molecule is CCCCC(=O)Oc1cccc(C23CCC(C2)N(CCc2ccccc2)CC3)c1. The van der Waals surface area contributed by atoms with Gasteiger partial charge in [0.25, 0.3) is 0 Å². The third-order valence-electron chi connectivity index (χ3n) is 6.92. The molecule has 1 aliphatic carbocycles. The first-order valence-corrected chi connectivity index (χ1v) is 11.3. The predicted molar refractivity (Wildman–Crippen MR) is 117 cm³/mol. The number of carbonyl (C=O) groups is 1. The molecule has 1 aliphatic heterocycles. The van der Waals surface area contributed by atoms with Gasteiger partial charge in [-0.3, -0.25) is 9.69 Å². The van der Waals surface area contributed by atoms with Crippen LogP contribution in [0.5, 0.6) is 5.75 Å². The summed E-state index contributed by atoms with van der Waals surface area (Å²) in [6, 6.07) is 19.9. The molecule has 0 aromatic heterocycles. The molecule has 2 aromatic rings. The van der Waals surface area contributed by atoms with Crippen molar-refractivity contribution in [3.63, 3.8) is 0 Å². The number of benzene rings is 2. The van der Waals surface area contributed by atoms with Gasteiger partial charge in [0, 0.05) is 19.0 Å². The third-order valence-corrected chi connectivity index (χ3v) is 6.92. The number of fused-ring (bicyclic) bond motifs is 2. The van der Waals surface area contributed by atoms with E-state index in [9.17, 15) is 4.79 Å². The lowest BCUT2D eigenvalue weighted by Crippen LogP contribution is -2.44. The summed E-state index contributed by atoms with van der Waals surface area (Å²) < 4.78 is 5.61. The highest BCUT2D eigenvalue weighted by Gasteiger charge is 2.46. The molecule has 0 spiro atoms. The van der Waals surface area contributed by atoms with Crippen LogP contribution in [0, 0.1) is 0 Å². The van der Waals surface area contributed by atoms with Crippen molar-refractivity contribution in [3.8, 4) is 5.75 Å². The van der Waals surface area contributed by atoms with Crippen molar-refractivity contribution < 1.29 is 9.53 Å². The van der Waals surface area contributed by atoms with E-state index in [0.717, 1.165) is 32.4 Å². The average Bonchev–Trinajstić information content (AvgIpc) is 3.11. The van der Waals surface area contributed by atoms with Crippen molar-refractivity contribution in [2.75, 3.05) is 13.1 Å². The zero-order valence-electron chi connectivity index (χ0n) is 17.6. The highest BCUT2D eigenvalue weighted by Crippen LogP contribution is 2.49. The maximum Gasteiger partial charge on any atom is 0.311 e. The van der Waals surface area contributed by atoms with E-state index >= 15 is 0 Å². The molecular weight excluding hydrogens is 358 g/mol. The topological polar surface area (TPSA) is 29.5 Å². The molecule has 3 nitrogen and oxygen atoms in total. The first-order valence-electron chi connectivity index (χ1n) is 11.3. The van der Waals surface area contributed by atoms with Gasteiger partial charge < -0.3 is 4.74 Å². The molecule has 2 aliphatic rings. The van der Waals surface area contributed by atoms with Gasteiger partial charge in [-0.25, -0.2) is 0 Å². The van der Waals surface area contributed by atoms with E-state index in [-0.39, 0.29) is 11.4 Å². The summed E-state index contributed by atoms with van der Waals surface area (Å²) in [6.45, 7) is 4.41. The van der Waals surface area contributed by atoms with Gasteiger partial charge in [-0.15, -0.1) is 0 Å². The van der Waals surface area contributed by atoms with Gasteiger partial charge in [0.05, 0.1) is 0 Å². The number of esters is 1. The van der Waals surface area contributed by atoms with Crippen molar-refractivity contribution >= 4 is 5.97 Å². The number of ether oxygens (including phenoxy) is 1. The molecular formula is C26H33NO2. The summed E-state index contributed by atoms with van der Waals surface area (Å²) in [4.78, 5) is 14.7. The number of unbranched alkanes of at least 4 members (excludes halogenated alkanes) is 1. The van der Waals surface area contributed by atoms with E-state index in [2.05, 4.69) is 60.4 Å². The van der Waals surface area contributed by atoms with Crippen LogP contribution >= 0.6 is 0 Å². The number of nitrogens with zero attached hydrogens (tertiary/aromatic N) is 1. The van der Waals surface area contributed by atoms with Gasteiger partial charge in [0.1, 0.15) is 5.75 Å². The summed E-state index contributed by atoms with van der Waals surface area (Å²) in [5, 5.41) is 0. The van der Waals surface area contributed by atoms with Crippen LogP contribution in [0.3, 0.4) is 0 Å². The Hall–Kier alpha value is -2.13. The molecule has 154 valence electrons. The lowest BCUT2D eigenvalue weighted by molar-refractivity contribution is -0.134. The molecule has 0 radical (unpaired) electrons. The molecule has 1 saturated carbocycles. The molecule has 3 heteroatoms. The normalized spacial score (nSPS) is 23.8. The van der Waals surface area contributed by atoms with E-state index in [4.69, 9.17) is 4.74 Å². The summed E-state index contributed by atoms with van der Waals surface area (Å²) in [7, 11) is 0. The van der Waals surface area contributed by atoms with Crippen molar-refractivity contribution in [1.29, 1.82) is 0 Å². The Balaban J connectivity index is 1.38. The molecule has 0 amide bonds. The summed E-state index contributed by atoms with van der Waals surface area (Å²) in [5.41, 5.74) is 3.06. The summed E-state index contributed by atoms with van der Waals surface area (Å²) in [6.07, 6.45) is 8.49. The molecule has 4 rings (SSSR count). The molecule has 1 heterocycles. The van der Waals surface area contributed by atoms with Gasteiger partial charge in [0.2, 0.25) is 0 Å². The largest absolute Gasteiger partial charge is 0.427 e. The van der Waals surface area contributed by atoms with Crippen molar-refractivity contribution in [3.05, 3.63) is 65.7 Å². The lowest BCUT2D eigenvalue weighted by Gasteiger charge is -2.40. The Bertz CT molecular complexity index is 818. The van der Waals surface area contributed by atoms with Crippen LogP contribution in [-0.4, -0.2) is 30.0 Å². The van der Waals surface area contributed by atoms with Gasteiger partial charge >= 0.3 is 5.97 Å². The standard InChI is InChI=1S/C26H33NO2/c1-2-3-12-25(28)29-24-11-7-10-22(19-24)26-15-13-23(20-26)27(18-16-26)17-14-21-8-5-4-6-9-21/h4-11,19,23H,2-3,12-18,20H2,1H3. The second-order valence-corrected chi connectivity index (χ2v) is 8.80. The molecule has 2 bridgehead atoms. The maximum absolute atomic E-state index is 12.0. The van der Waals surface area contributed by atoms with Crippen molar-refractivity contribution in [1.82, 2.24) is 4.90 Å². The molecule has 1 saturated heterocycles. The predicted octanol–water partition coefficient (Wildman–Crippen LogP) is 5.52. The van der Waals surface area contributed by atoms with Crippen LogP contribution in [0.25, 0.3) is 0 Å². The zero-order chi connectivity index (χ0) is 20.1. The second-order valence-electron chi connectivity index (χ2n) is 8.80. The van der Waals surface area contributed by atoms with Crippen LogP contribution in [-0.2, 0) is 16.6 Å². The fraction of sp³-hybridized carbons (Fsp3) is 0.500. The number of hydrogen-bond donors (Lipinski definition) is 0. The van der Waals surface area contributed by atoms with E-state index in [1.54, 1.807) is 0 Å². The quantitative estimate of drug-likeness (QED) is 0.438. The van der Waals surface area contributed by atoms with E-state index in [1.807, 2.05) is 6.07 Å². The van der Waals surface area contributed by atoms with Gasteiger partial charge in [-0.1, -0.05) is 55.8 Å².